The number of hydrogen-bond acceptors (Lipinski definition) is 2. The maximum absolute atomic E-state index is 6.33. The third kappa shape index (κ3) is 2.72. The fourth-order valence-corrected chi connectivity index (χ4v) is 5.65. The van der Waals surface area contributed by atoms with Gasteiger partial charge in [0.1, 0.15) is 0 Å². The minimum Gasteiger partial charge on any atom is -0.344 e. The summed E-state index contributed by atoms with van der Waals surface area (Å²) in [5, 5.41) is 4.78. The zero-order valence-corrected chi connectivity index (χ0v) is 18.4. The molecule has 5 rings (SSSR count). The molecule has 4 heteroatoms. The van der Waals surface area contributed by atoms with E-state index in [0.717, 1.165) is 19.7 Å². The highest BCUT2D eigenvalue weighted by Gasteiger charge is 2.49. The van der Waals surface area contributed by atoms with Crippen LogP contribution in [-0.4, -0.2) is 18.0 Å². The first-order chi connectivity index (χ1) is 12.9. The van der Waals surface area contributed by atoms with Crippen molar-refractivity contribution in [3.8, 4) is 0 Å². The van der Waals surface area contributed by atoms with E-state index >= 15 is 0 Å². The maximum atomic E-state index is 6.33. The Labute approximate surface area is 175 Å². The van der Waals surface area contributed by atoms with Gasteiger partial charge in [-0.15, -0.1) is 0 Å². The Kier molecular flexibility index (Phi) is 4.07. The van der Waals surface area contributed by atoms with Crippen LogP contribution < -0.4 is 10.4 Å². The van der Waals surface area contributed by atoms with Gasteiger partial charge in [-0.3, -0.25) is 0 Å². The second-order valence-electron chi connectivity index (χ2n) is 7.94. The van der Waals surface area contributed by atoms with E-state index in [1.54, 1.807) is 0 Å². The average Bonchev–Trinajstić information content (AvgIpc) is 3.00. The number of fused-ring (bicyclic) bond motifs is 8. The Morgan fingerprint density at radius 3 is 2.41 bits per heavy atom. The van der Waals surface area contributed by atoms with Gasteiger partial charge in [0, 0.05) is 20.8 Å². The molecule has 0 spiro atoms. The van der Waals surface area contributed by atoms with Crippen molar-refractivity contribution in [2.75, 3.05) is 0 Å². The van der Waals surface area contributed by atoms with E-state index in [-0.39, 0.29) is 24.0 Å². The molecule has 0 aromatic heterocycles. The first kappa shape index (κ1) is 17.9. The van der Waals surface area contributed by atoms with Gasteiger partial charge >= 0.3 is 0 Å². The smallest absolute Gasteiger partial charge is 0.163 e. The quantitative estimate of drug-likeness (QED) is 0.496. The first-order valence-electron chi connectivity index (χ1n) is 9.18. The highest BCUT2D eigenvalue weighted by atomic mass is 79.9. The number of ether oxygens (including phenoxy) is 2. The lowest BCUT2D eigenvalue weighted by Gasteiger charge is -2.31. The summed E-state index contributed by atoms with van der Waals surface area (Å²) >= 11 is 7.60. The van der Waals surface area contributed by atoms with Crippen LogP contribution in [0.1, 0.15) is 13.8 Å². The van der Waals surface area contributed by atoms with Crippen LogP contribution in [0, 0.1) is 11.8 Å². The third-order valence-electron chi connectivity index (χ3n) is 5.73. The molecule has 2 nitrogen and oxygen atoms in total. The summed E-state index contributed by atoms with van der Waals surface area (Å²) in [4.78, 5) is 0. The molecule has 1 saturated heterocycles. The van der Waals surface area contributed by atoms with Gasteiger partial charge in [-0.25, -0.2) is 0 Å². The van der Waals surface area contributed by atoms with Crippen molar-refractivity contribution in [1.29, 1.82) is 0 Å². The molecule has 1 heterocycles. The van der Waals surface area contributed by atoms with Gasteiger partial charge in [-0.05, 0) is 78.6 Å². The molecule has 0 radical (unpaired) electrons. The maximum Gasteiger partial charge on any atom is 0.163 e. The Balaban J connectivity index is 1.88. The SMILES string of the molecule is C=C1/C=c2/c(Br)c(Br)c3ccccc3/c2=C/C2C=CC1C1OC(C)(C)OC21. The third-order valence-corrected chi connectivity index (χ3v) is 7.91. The molecular formula is C23H20Br2O2. The van der Waals surface area contributed by atoms with E-state index in [9.17, 15) is 0 Å². The van der Waals surface area contributed by atoms with Crippen molar-refractivity contribution >= 4 is 54.8 Å². The molecule has 2 aromatic rings. The van der Waals surface area contributed by atoms with Crippen molar-refractivity contribution in [3.05, 3.63) is 68.0 Å². The molecule has 1 aliphatic heterocycles. The van der Waals surface area contributed by atoms with Gasteiger partial charge in [0.25, 0.3) is 0 Å². The molecule has 138 valence electrons. The molecule has 27 heavy (non-hydrogen) atoms. The van der Waals surface area contributed by atoms with E-state index in [0.29, 0.717) is 0 Å². The second-order valence-corrected chi connectivity index (χ2v) is 9.53. The minimum atomic E-state index is -0.573. The van der Waals surface area contributed by atoms with E-state index in [2.05, 4.69) is 87.0 Å². The molecule has 1 fully saturated rings. The molecule has 2 aromatic carbocycles. The van der Waals surface area contributed by atoms with Crippen LogP contribution in [0.25, 0.3) is 22.9 Å². The monoisotopic (exact) mass is 486 g/mol. The second kappa shape index (κ2) is 6.15. The van der Waals surface area contributed by atoms with Gasteiger partial charge in [-0.1, -0.05) is 49.1 Å². The van der Waals surface area contributed by atoms with Crippen molar-refractivity contribution in [1.82, 2.24) is 0 Å². The summed E-state index contributed by atoms with van der Waals surface area (Å²) in [7, 11) is 0. The van der Waals surface area contributed by atoms with Gasteiger partial charge in [0.05, 0.1) is 12.2 Å². The van der Waals surface area contributed by atoms with Crippen molar-refractivity contribution in [2.45, 2.75) is 31.8 Å². The predicted molar refractivity (Wildman–Crippen MR) is 117 cm³/mol. The van der Waals surface area contributed by atoms with Crippen molar-refractivity contribution in [2.24, 2.45) is 11.8 Å². The van der Waals surface area contributed by atoms with E-state index < -0.39 is 5.79 Å². The normalized spacial score (nSPS) is 33.3. The van der Waals surface area contributed by atoms with Crippen molar-refractivity contribution in [3.63, 3.8) is 0 Å². The van der Waals surface area contributed by atoms with Crippen LogP contribution in [0.15, 0.2) is 57.5 Å². The van der Waals surface area contributed by atoms with Crippen LogP contribution >= 0.6 is 31.9 Å². The Hall–Kier alpha value is -1.20. The van der Waals surface area contributed by atoms with Crippen molar-refractivity contribution < 1.29 is 9.47 Å². The Morgan fingerprint density at radius 2 is 1.63 bits per heavy atom. The lowest BCUT2D eigenvalue weighted by atomic mass is 9.80. The Bertz CT molecular complexity index is 1130. The summed E-state index contributed by atoms with van der Waals surface area (Å²) in [6, 6.07) is 8.49. The lowest BCUT2D eigenvalue weighted by Crippen LogP contribution is -2.38. The number of benzene rings is 2. The van der Waals surface area contributed by atoms with Crippen LogP contribution in [0.2, 0.25) is 0 Å². The fraction of sp³-hybridized carbons (Fsp3) is 0.304. The number of rotatable bonds is 0. The van der Waals surface area contributed by atoms with E-state index in [1.165, 1.54) is 16.0 Å². The minimum absolute atomic E-state index is 0.00714. The molecule has 0 saturated carbocycles. The first-order valence-corrected chi connectivity index (χ1v) is 10.8. The molecule has 4 unspecified atom stereocenters. The van der Waals surface area contributed by atoms with E-state index in [4.69, 9.17) is 9.47 Å². The largest absolute Gasteiger partial charge is 0.344 e. The fourth-order valence-electron chi connectivity index (χ4n) is 4.55. The predicted octanol–water partition coefficient (Wildman–Crippen LogP) is 4.82. The van der Waals surface area contributed by atoms with Gasteiger partial charge in [0.2, 0.25) is 0 Å². The Morgan fingerprint density at radius 1 is 0.926 bits per heavy atom. The van der Waals surface area contributed by atoms with E-state index in [1.807, 2.05) is 13.8 Å². The number of halogens is 2. The van der Waals surface area contributed by atoms with Crippen LogP contribution in [0.5, 0.6) is 0 Å². The topological polar surface area (TPSA) is 18.5 Å². The standard InChI is InChI=1S/C23H20Br2O2/c1-12-10-18-17(15-6-4-5-7-16(15)19(24)20(18)25)11-13-8-9-14(12)22-21(13)26-23(2,3)27-22/h4-11,13-14,21-22H,1H2,2-3H3/b17-11-,18-10+. The van der Waals surface area contributed by atoms with Gasteiger partial charge < -0.3 is 9.47 Å². The summed E-state index contributed by atoms with van der Waals surface area (Å²) in [6.45, 7) is 8.39. The number of hydrogen-bond donors (Lipinski definition) is 0. The van der Waals surface area contributed by atoms with Crippen LogP contribution in [-0.2, 0) is 9.47 Å². The molecule has 2 aliphatic carbocycles. The molecule has 0 amide bonds. The molecule has 0 N–H and O–H groups in total. The highest BCUT2D eigenvalue weighted by Crippen LogP contribution is 2.43. The lowest BCUT2D eigenvalue weighted by molar-refractivity contribution is -0.148. The summed E-state index contributed by atoms with van der Waals surface area (Å²) in [5.74, 6) is -0.303. The molecule has 3 aliphatic rings. The molecular weight excluding hydrogens is 468 g/mol. The van der Waals surface area contributed by atoms with Crippen LogP contribution in [0.4, 0.5) is 0 Å². The van der Waals surface area contributed by atoms with Gasteiger partial charge in [-0.2, -0.15) is 0 Å². The zero-order valence-electron chi connectivity index (χ0n) is 15.2. The zero-order chi connectivity index (χ0) is 18.9. The molecule has 2 bridgehead atoms. The summed E-state index contributed by atoms with van der Waals surface area (Å²) in [5.41, 5.74) is 1.04. The average molecular weight is 488 g/mol. The summed E-state index contributed by atoms with van der Waals surface area (Å²) in [6.07, 6.45) is 9.00. The van der Waals surface area contributed by atoms with Gasteiger partial charge in [0.15, 0.2) is 5.79 Å². The molecule has 4 atom stereocenters. The van der Waals surface area contributed by atoms with Crippen LogP contribution in [0.3, 0.4) is 0 Å². The highest BCUT2D eigenvalue weighted by molar-refractivity contribution is 9.13. The summed E-state index contributed by atoms with van der Waals surface area (Å²) < 4.78 is 14.7.